The van der Waals surface area contributed by atoms with E-state index in [-0.39, 0.29) is 17.2 Å². The van der Waals surface area contributed by atoms with Crippen LogP contribution in [0.1, 0.15) is 152 Å². The van der Waals surface area contributed by atoms with Crippen LogP contribution in [0.4, 0.5) is 0 Å². The SMILES string of the molecule is CCCCCc1cc(O)c(CC[C@H](C)CCCC(C)C)c(O)c1CCc1c(CCCCC)cc(O)c2c1OC(C)(C)c1ccc(C)cc1-2. The number of phenols is 3. The molecular weight excluding hydrogens is 592 g/mol. The molecule has 0 unspecified atom stereocenters. The third kappa shape index (κ3) is 9.10. The van der Waals surface area contributed by atoms with Crippen LogP contribution in [-0.2, 0) is 37.7 Å². The highest BCUT2D eigenvalue weighted by Gasteiger charge is 2.36. The van der Waals surface area contributed by atoms with Crippen LogP contribution in [0.3, 0.4) is 0 Å². The molecule has 264 valence electrons. The molecule has 48 heavy (non-hydrogen) atoms. The Bertz CT molecular complexity index is 1520. The number of ether oxygens (including phenoxy) is 1. The zero-order valence-electron chi connectivity index (χ0n) is 31.4. The van der Waals surface area contributed by atoms with Crippen molar-refractivity contribution in [2.45, 2.75) is 157 Å². The Labute approximate surface area is 292 Å². The van der Waals surface area contributed by atoms with Gasteiger partial charge in [-0.05, 0) is 124 Å². The molecule has 0 aliphatic carbocycles. The molecule has 1 aliphatic rings. The molecule has 0 fully saturated rings. The first-order chi connectivity index (χ1) is 22.9. The number of phenolic OH excluding ortho intramolecular Hbond substituents is 3. The maximum Gasteiger partial charge on any atom is 0.135 e. The fraction of sp³-hybridized carbons (Fsp3) is 0.591. The summed E-state index contributed by atoms with van der Waals surface area (Å²) in [6.45, 7) is 17.6. The summed E-state index contributed by atoms with van der Waals surface area (Å²) < 4.78 is 6.87. The summed E-state index contributed by atoms with van der Waals surface area (Å²) in [5, 5.41) is 34.6. The maximum atomic E-state index is 11.9. The summed E-state index contributed by atoms with van der Waals surface area (Å²) in [5.74, 6) is 2.83. The Balaban J connectivity index is 1.74. The molecule has 1 atom stereocenters. The minimum absolute atomic E-state index is 0.233. The van der Waals surface area contributed by atoms with Crippen LogP contribution in [0, 0.1) is 18.8 Å². The van der Waals surface area contributed by atoms with Crippen molar-refractivity contribution in [2.75, 3.05) is 0 Å². The topological polar surface area (TPSA) is 69.9 Å². The van der Waals surface area contributed by atoms with E-state index in [1.165, 1.54) is 19.3 Å². The van der Waals surface area contributed by atoms with Gasteiger partial charge in [0.2, 0.25) is 0 Å². The molecular formula is C44H64O4. The van der Waals surface area contributed by atoms with E-state index in [9.17, 15) is 15.3 Å². The van der Waals surface area contributed by atoms with Crippen LogP contribution in [0.5, 0.6) is 23.0 Å². The van der Waals surface area contributed by atoms with Gasteiger partial charge >= 0.3 is 0 Å². The quantitative estimate of drug-likeness (QED) is 0.119. The van der Waals surface area contributed by atoms with Gasteiger partial charge in [0.15, 0.2) is 0 Å². The fourth-order valence-corrected chi connectivity index (χ4v) is 7.64. The van der Waals surface area contributed by atoms with Crippen molar-refractivity contribution in [3.63, 3.8) is 0 Å². The minimum Gasteiger partial charge on any atom is -0.508 e. The van der Waals surface area contributed by atoms with Gasteiger partial charge in [-0.25, -0.2) is 0 Å². The molecule has 0 aromatic heterocycles. The molecule has 0 saturated heterocycles. The molecule has 1 heterocycles. The fourth-order valence-electron chi connectivity index (χ4n) is 7.64. The highest BCUT2D eigenvalue weighted by atomic mass is 16.5. The number of aromatic hydroxyl groups is 3. The van der Waals surface area contributed by atoms with Crippen molar-refractivity contribution in [2.24, 2.45) is 11.8 Å². The van der Waals surface area contributed by atoms with Gasteiger partial charge in [0.25, 0.3) is 0 Å². The number of fused-ring (bicyclic) bond motifs is 3. The van der Waals surface area contributed by atoms with E-state index < -0.39 is 5.60 Å². The highest BCUT2D eigenvalue weighted by Crippen LogP contribution is 2.52. The first-order valence-corrected chi connectivity index (χ1v) is 19.1. The Morgan fingerprint density at radius 3 is 1.94 bits per heavy atom. The van der Waals surface area contributed by atoms with Crippen molar-refractivity contribution in [1.29, 1.82) is 0 Å². The molecule has 4 rings (SSSR count). The second kappa shape index (κ2) is 17.0. The van der Waals surface area contributed by atoms with Gasteiger partial charge in [-0.3, -0.25) is 0 Å². The zero-order valence-corrected chi connectivity index (χ0v) is 31.4. The predicted molar refractivity (Wildman–Crippen MR) is 202 cm³/mol. The zero-order chi connectivity index (χ0) is 35.0. The molecule has 0 saturated carbocycles. The van der Waals surface area contributed by atoms with E-state index >= 15 is 0 Å². The van der Waals surface area contributed by atoms with Crippen molar-refractivity contribution in [1.82, 2.24) is 0 Å². The number of hydrogen-bond acceptors (Lipinski definition) is 4. The average Bonchev–Trinajstić information content (AvgIpc) is 3.01. The monoisotopic (exact) mass is 656 g/mol. The van der Waals surface area contributed by atoms with Crippen LogP contribution in [0.25, 0.3) is 11.1 Å². The van der Waals surface area contributed by atoms with Crippen LogP contribution >= 0.6 is 0 Å². The molecule has 3 N–H and O–H groups in total. The summed E-state index contributed by atoms with van der Waals surface area (Å²) in [4.78, 5) is 0. The molecule has 4 nitrogen and oxygen atoms in total. The Morgan fingerprint density at radius 2 is 1.29 bits per heavy atom. The Kier molecular flexibility index (Phi) is 13.3. The van der Waals surface area contributed by atoms with E-state index in [1.54, 1.807) is 0 Å². The predicted octanol–water partition coefficient (Wildman–Crippen LogP) is 12.1. The van der Waals surface area contributed by atoms with Crippen molar-refractivity contribution in [3.8, 4) is 34.1 Å². The normalized spacial score (nSPS) is 14.1. The van der Waals surface area contributed by atoms with E-state index in [2.05, 4.69) is 73.6 Å². The largest absolute Gasteiger partial charge is 0.508 e. The highest BCUT2D eigenvalue weighted by molar-refractivity contribution is 5.84. The van der Waals surface area contributed by atoms with E-state index in [4.69, 9.17) is 4.74 Å². The first-order valence-electron chi connectivity index (χ1n) is 19.1. The molecule has 4 heteroatoms. The van der Waals surface area contributed by atoms with Gasteiger partial charge in [0.05, 0.1) is 5.56 Å². The van der Waals surface area contributed by atoms with E-state index in [0.29, 0.717) is 30.7 Å². The summed E-state index contributed by atoms with van der Waals surface area (Å²) >= 11 is 0. The van der Waals surface area contributed by atoms with Crippen LogP contribution in [-0.4, -0.2) is 15.3 Å². The van der Waals surface area contributed by atoms with Gasteiger partial charge in [-0.2, -0.15) is 0 Å². The molecule has 0 amide bonds. The molecule has 0 bridgehead atoms. The molecule has 1 aliphatic heterocycles. The van der Waals surface area contributed by atoms with Gasteiger partial charge in [-0.15, -0.1) is 0 Å². The summed E-state index contributed by atoms with van der Waals surface area (Å²) in [7, 11) is 0. The van der Waals surface area contributed by atoms with Crippen molar-refractivity contribution in [3.05, 3.63) is 69.3 Å². The van der Waals surface area contributed by atoms with E-state index in [0.717, 1.165) is 114 Å². The number of unbranched alkanes of at least 4 members (excludes halogenated alkanes) is 4. The van der Waals surface area contributed by atoms with Crippen molar-refractivity contribution >= 4 is 0 Å². The minimum atomic E-state index is -0.551. The average molecular weight is 657 g/mol. The first kappa shape index (κ1) is 37.7. The molecule has 0 radical (unpaired) electrons. The lowest BCUT2D eigenvalue weighted by Crippen LogP contribution is -2.30. The lowest BCUT2D eigenvalue weighted by atomic mass is 9.81. The van der Waals surface area contributed by atoms with E-state index in [1.807, 2.05) is 12.1 Å². The molecule has 3 aromatic rings. The summed E-state index contributed by atoms with van der Waals surface area (Å²) in [6, 6.07) is 10.3. The maximum absolute atomic E-state index is 11.9. The lowest BCUT2D eigenvalue weighted by Gasteiger charge is -2.37. The molecule has 0 spiro atoms. The van der Waals surface area contributed by atoms with Crippen LogP contribution in [0.15, 0.2) is 30.3 Å². The Hall–Kier alpha value is -3.14. The number of benzene rings is 3. The van der Waals surface area contributed by atoms with Gasteiger partial charge in [-0.1, -0.05) is 103 Å². The third-order valence-corrected chi connectivity index (χ3v) is 10.6. The number of rotatable bonds is 18. The van der Waals surface area contributed by atoms with Gasteiger partial charge < -0.3 is 20.1 Å². The van der Waals surface area contributed by atoms with Crippen LogP contribution in [0.2, 0.25) is 0 Å². The van der Waals surface area contributed by atoms with Gasteiger partial charge in [0, 0.05) is 11.1 Å². The van der Waals surface area contributed by atoms with Crippen molar-refractivity contribution < 1.29 is 20.1 Å². The number of aryl methyl sites for hydroxylation is 3. The van der Waals surface area contributed by atoms with Gasteiger partial charge in [0.1, 0.15) is 28.6 Å². The lowest BCUT2D eigenvalue weighted by molar-refractivity contribution is 0.103. The summed E-state index contributed by atoms with van der Waals surface area (Å²) in [5.41, 5.74) is 8.47. The smallest absolute Gasteiger partial charge is 0.135 e. The standard InChI is InChI=1S/C44H64O4/c1-9-11-13-18-32-27-39(45)36(22-20-30(5)17-15-16-29(3)4)42(47)34(32)23-24-35-33(19-14-12-10-2)28-40(46)41-37-26-31(6)21-25-38(37)44(7,8)48-43(35)41/h21,25-30,45-47H,9-20,22-24H2,1-8H3/t30-/m1/s1. The third-order valence-electron chi connectivity index (χ3n) is 10.6. The second-order valence-electron chi connectivity index (χ2n) is 15.6. The Morgan fingerprint density at radius 1 is 0.667 bits per heavy atom. The van der Waals surface area contributed by atoms with Crippen LogP contribution < -0.4 is 4.74 Å². The second-order valence-corrected chi connectivity index (χ2v) is 15.6. The number of hydrogen-bond donors (Lipinski definition) is 3. The molecule has 3 aromatic carbocycles. The summed E-state index contributed by atoms with van der Waals surface area (Å²) in [6.07, 6.45) is 14.9.